The van der Waals surface area contributed by atoms with Crippen LogP contribution in [0.1, 0.15) is 45.6 Å². The maximum Gasteiger partial charge on any atom is 0.331 e. The van der Waals surface area contributed by atoms with Gasteiger partial charge in [-0.15, -0.1) is 0 Å². The van der Waals surface area contributed by atoms with Crippen molar-refractivity contribution in [3.05, 3.63) is 41.5 Å². The Hall–Kier alpha value is -2.35. The normalized spacial score (nSPS) is 34.1. The third-order valence-corrected chi connectivity index (χ3v) is 7.32. The lowest BCUT2D eigenvalue weighted by molar-refractivity contribution is -0.166. The average Bonchev–Trinajstić information content (AvgIpc) is 3.74. The lowest BCUT2D eigenvalue weighted by atomic mass is 9.68. The first-order chi connectivity index (χ1) is 16.3. The summed E-state index contributed by atoms with van der Waals surface area (Å²) in [6.45, 7) is 7.02. The molecule has 3 fully saturated rings. The molecule has 7 nitrogen and oxygen atoms in total. The standard InChI is InChI=1S/C27H36O7/c1-17(2)7-11-22-26(3,34-22)25-24(31-6)20(13-14-27(25)16-32-27)33-23(28)12-9-18-8-10-19(29-4)21(15-18)30-5/h7-10,12,15,20,22,24-25H,11,13-14,16H2,1-6H3/b12-9+/t20-,22+,24-,25?,26?,27+/m1/s1. The number of epoxide rings is 2. The Morgan fingerprint density at radius 3 is 2.53 bits per heavy atom. The van der Waals surface area contributed by atoms with Crippen LogP contribution in [-0.4, -0.2) is 63.4 Å². The summed E-state index contributed by atoms with van der Waals surface area (Å²) in [5, 5.41) is 0. The minimum absolute atomic E-state index is 0.00180. The van der Waals surface area contributed by atoms with Gasteiger partial charge in [-0.25, -0.2) is 4.79 Å². The molecular weight excluding hydrogens is 436 g/mol. The Morgan fingerprint density at radius 1 is 1.18 bits per heavy atom. The highest BCUT2D eigenvalue weighted by Crippen LogP contribution is 2.59. The van der Waals surface area contributed by atoms with E-state index >= 15 is 0 Å². The van der Waals surface area contributed by atoms with Crippen LogP contribution >= 0.6 is 0 Å². The van der Waals surface area contributed by atoms with Gasteiger partial charge in [0, 0.05) is 13.2 Å². The van der Waals surface area contributed by atoms with Crippen molar-refractivity contribution < 1.29 is 33.2 Å². The summed E-state index contributed by atoms with van der Waals surface area (Å²) in [7, 11) is 4.84. The molecular formula is C27H36O7. The van der Waals surface area contributed by atoms with Crippen molar-refractivity contribution in [1.29, 1.82) is 0 Å². The van der Waals surface area contributed by atoms with Crippen molar-refractivity contribution in [2.75, 3.05) is 27.9 Å². The fraction of sp³-hybridized carbons (Fsp3) is 0.593. The molecule has 2 aliphatic heterocycles. The molecule has 1 aromatic rings. The third-order valence-electron chi connectivity index (χ3n) is 7.32. The first-order valence-corrected chi connectivity index (χ1v) is 11.8. The zero-order valence-corrected chi connectivity index (χ0v) is 21.0. The van der Waals surface area contributed by atoms with Crippen LogP contribution in [0.5, 0.6) is 11.5 Å². The number of rotatable bonds is 9. The highest BCUT2D eigenvalue weighted by molar-refractivity contribution is 5.87. The highest BCUT2D eigenvalue weighted by atomic mass is 16.6. The van der Waals surface area contributed by atoms with E-state index in [2.05, 4.69) is 26.8 Å². The van der Waals surface area contributed by atoms with Gasteiger partial charge >= 0.3 is 5.97 Å². The van der Waals surface area contributed by atoms with Crippen LogP contribution in [0.3, 0.4) is 0 Å². The van der Waals surface area contributed by atoms with E-state index < -0.39 is 5.97 Å². The maximum absolute atomic E-state index is 12.7. The van der Waals surface area contributed by atoms with Crippen LogP contribution < -0.4 is 9.47 Å². The monoisotopic (exact) mass is 472 g/mol. The van der Waals surface area contributed by atoms with Gasteiger partial charge in [-0.05, 0) is 63.8 Å². The number of esters is 1. The van der Waals surface area contributed by atoms with Gasteiger partial charge in [-0.1, -0.05) is 17.7 Å². The molecule has 1 saturated carbocycles. The molecule has 4 rings (SSSR count). The van der Waals surface area contributed by atoms with E-state index in [1.54, 1.807) is 33.5 Å². The Bertz CT molecular complexity index is 960. The topological polar surface area (TPSA) is 79.1 Å². The number of hydrogen-bond acceptors (Lipinski definition) is 7. The molecule has 6 atom stereocenters. The molecule has 1 aliphatic carbocycles. The highest BCUT2D eigenvalue weighted by Gasteiger charge is 2.72. The summed E-state index contributed by atoms with van der Waals surface area (Å²) in [6.07, 6.45) is 7.19. The smallest absolute Gasteiger partial charge is 0.331 e. The number of carbonyl (C=O) groups excluding carboxylic acids is 1. The van der Waals surface area contributed by atoms with Crippen molar-refractivity contribution in [3.63, 3.8) is 0 Å². The number of ether oxygens (including phenoxy) is 6. The van der Waals surface area contributed by atoms with Gasteiger partial charge in [0.05, 0.1) is 32.8 Å². The molecule has 1 spiro atoms. The summed E-state index contributed by atoms with van der Waals surface area (Å²) in [5.74, 6) is 0.828. The van der Waals surface area contributed by atoms with E-state index in [9.17, 15) is 4.79 Å². The molecule has 0 amide bonds. The van der Waals surface area contributed by atoms with E-state index in [4.69, 9.17) is 28.4 Å². The van der Waals surface area contributed by atoms with Crippen LogP contribution in [0, 0.1) is 5.92 Å². The SMILES string of the molecule is COc1ccc(/C=C/C(=O)O[C@@H]2CC[C@]3(CO3)C(C3(C)O[C@H]3CC=C(C)C)[C@@H]2OC)cc1OC. The summed E-state index contributed by atoms with van der Waals surface area (Å²) < 4.78 is 34.6. The average molecular weight is 473 g/mol. The largest absolute Gasteiger partial charge is 0.493 e. The molecule has 2 saturated heterocycles. The molecule has 0 aromatic heterocycles. The number of hydrogen-bond donors (Lipinski definition) is 0. The molecule has 0 radical (unpaired) electrons. The lowest BCUT2D eigenvalue weighted by Crippen LogP contribution is -2.55. The van der Waals surface area contributed by atoms with Gasteiger partial charge in [0.25, 0.3) is 0 Å². The molecule has 186 valence electrons. The van der Waals surface area contributed by atoms with Crippen molar-refractivity contribution in [2.24, 2.45) is 5.92 Å². The lowest BCUT2D eigenvalue weighted by Gasteiger charge is -2.42. The Labute approximate surface area is 202 Å². The Kier molecular flexibility index (Phi) is 7.08. The number of benzene rings is 1. The minimum Gasteiger partial charge on any atom is -0.493 e. The summed E-state index contributed by atoms with van der Waals surface area (Å²) in [4.78, 5) is 12.7. The maximum atomic E-state index is 12.7. The quantitative estimate of drug-likeness (QED) is 0.229. The molecule has 7 heteroatoms. The minimum atomic E-state index is -0.406. The molecule has 34 heavy (non-hydrogen) atoms. The van der Waals surface area contributed by atoms with Crippen LogP contribution in [0.2, 0.25) is 0 Å². The van der Waals surface area contributed by atoms with Gasteiger partial charge in [-0.3, -0.25) is 0 Å². The van der Waals surface area contributed by atoms with Gasteiger partial charge < -0.3 is 28.4 Å². The van der Waals surface area contributed by atoms with Crippen LogP contribution in [0.4, 0.5) is 0 Å². The molecule has 3 aliphatic rings. The molecule has 2 unspecified atom stereocenters. The van der Waals surface area contributed by atoms with Crippen LogP contribution in [0.25, 0.3) is 6.08 Å². The summed E-state index contributed by atoms with van der Waals surface area (Å²) >= 11 is 0. The number of carbonyl (C=O) groups is 1. The van der Waals surface area contributed by atoms with E-state index in [0.29, 0.717) is 24.5 Å². The predicted molar refractivity (Wildman–Crippen MR) is 128 cm³/mol. The summed E-state index contributed by atoms with van der Waals surface area (Å²) in [6, 6.07) is 5.46. The zero-order chi connectivity index (χ0) is 24.5. The van der Waals surface area contributed by atoms with Crippen LogP contribution in [0.15, 0.2) is 35.9 Å². The van der Waals surface area contributed by atoms with E-state index in [-0.39, 0.29) is 35.4 Å². The molecule has 0 N–H and O–H groups in total. The predicted octanol–water partition coefficient (Wildman–Crippen LogP) is 4.34. The van der Waals surface area contributed by atoms with Gasteiger partial charge in [-0.2, -0.15) is 0 Å². The van der Waals surface area contributed by atoms with Crippen molar-refractivity contribution in [2.45, 2.75) is 69.5 Å². The second-order valence-corrected chi connectivity index (χ2v) is 9.80. The van der Waals surface area contributed by atoms with Gasteiger partial charge in [0.15, 0.2) is 11.5 Å². The first kappa shape index (κ1) is 24.8. The Balaban J connectivity index is 1.45. The zero-order valence-electron chi connectivity index (χ0n) is 21.0. The van der Waals surface area contributed by atoms with E-state index in [1.807, 2.05) is 12.1 Å². The van der Waals surface area contributed by atoms with Crippen molar-refractivity contribution in [1.82, 2.24) is 0 Å². The van der Waals surface area contributed by atoms with Crippen LogP contribution in [-0.2, 0) is 23.7 Å². The van der Waals surface area contributed by atoms with Gasteiger partial charge in [0.2, 0.25) is 0 Å². The van der Waals surface area contributed by atoms with E-state index in [1.165, 1.54) is 11.6 Å². The number of methoxy groups -OCH3 is 3. The fourth-order valence-electron chi connectivity index (χ4n) is 5.38. The fourth-order valence-corrected chi connectivity index (χ4v) is 5.38. The van der Waals surface area contributed by atoms with Crippen molar-refractivity contribution >= 4 is 12.0 Å². The summed E-state index contributed by atoms with van der Waals surface area (Å²) in [5.41, 5.74) is 1.48. The molecule has 0 bridgehead atoms. The third kappa shape index (κ3) is 4.88. The second-order valence-electron chi connectivity index (χ2n) is 9.80. The second kappa shape index (κ2) is 9.72. The molecule has 2 heterocycles. The first-order valence-electron chi connectivity index (χ1n) is 11.8. The Morgan fingerprint density at radius 2 is 1.91 bits per heavy atom. The van der Waals surface area contributed by atoms with E-state index in [0.717, 1.165) is 18.4 Å². The van der Waals surface area contributed by atoms with Crippen molar-refractivity contribution in [3.8, 4) is 11.5 Å². The molecule has 1 aromatic carbocycles. The van der Waals surface area contributed by atoms with Gasteiger partial charge in [0.1, 0.15) is 23.4 Å². The number of allylic oxidation sites excluding steroid dienone is 1.